The molecule has 2 heterocycles. The number of rotatable bonds is 5. The maximum Gasteiger partial charge on any atom is 0.103 e. The Morgan fingerprint density at radius 2 is 2.44 bits per heavy atom. The van der Waals surface area contributed by atoms with Crippen LogP contribution in [0.4, 0.5) is 0 Å². The first-order chi connectivity index (χ1) is 7.83. The number of ether oxygens (including phenoxy) is 1. The summed E-state index contributed by atoms with van der Waals surface area (Å²) in [6, 6.07) is 3.96. The average Bonchev–Trinajstić information content (AvgIpc) is 2.90. The largest absolute Gasteiger partial charge is 0.396 e. The Balaban J connectivity index is 1.80. The molecule has 0 amide bonds. The lowest BCUT2D eigenvalue weighted by Crippen LogP contribution is -1.92. The first kappa shape index (κ1) is 11.4. The van der Waals surface area contributed by atoms with Gasteiger partial charge in [-0.25, -0.2) is 0 Å². The highest BCUT2D eigenvalue weighted by atomic mass is 32.1. The minimum Gasteiger partial charge on any atom is -0.396 e. The third-order valence-corrected chi connectivity index (χ3v) is 3.47. The SMILES string of the molecule is C#Cc1ccc(C=C[C@H]2O[C@@H]2CCCO)s1. The summed E-state index contributed by atoms with van der Waals surface area (Å²) in [5.74, 6) is 2.61. The molecule has 16 heavy (non-hydrogen) atoms. The van der Waals surface area contributed by atoms with Gasteiger partial charge in [0.05, 0.1) is 11.0 Å². The fourth-order valence-electron chi connectivity index (χ4n) is 1.56. The van der Waals surface area contributed by atoms with Crippen LogP contribution in [0.25, 0.3) is 6.08 Å². The van der Waals surface area contributed by atoms with Crippen LogP contribution in [0, 0.1) is 12.3 Å². The van der Waals surface area contributed by atoms with Gasteiger partial charge >= 0.3 is 0 Å². The fraction of sp³-hybridized carbons (Fsp3) is 0.385. The van der Waals surface area contributed by atoms with Crippen LogP contribution in [0.3, 0.4) is 0 Å². The molecular weight excluding hydrogens is 220 g/mol. The summed E-state index contributed by atoms with van der Waals surface area (Å²) in [6.07, 6.45) is 11.7. The normalized spacial score (nSPS) is 23.5. The van der Waals surface area contributed by atoms with Crippen LogP contribution in [0.2, 0.25) is 0 Å². The van der Waals surface area contributed by atoms with Gasteiger partial charge in [-0.3, -0.25) is 0 Å². The van der Waals surface area contributed by atoms with Gasteiger partial charge in [0.25, 0.3) is 0 Å². The van der Waals surface area contributed by atoms with Crippen molar-refractivity contribution in [3.05, 3.63) is 28.0 Å². The molecule has 0 bridgehead atoms. The smallest absolute Gasteiger partial charge is 0.103 e. The van der Waals surface area contributed by atoms with Crippen molar-refractivity contribution in [2.75, 3.05) is 6.61 Å². The van der Waals surface area contributed by atoms with Gasteiger partial charge in [0.15, 0.2) is 0 Å². The number of hydrogen-bond donors (Lipinski definition) is 1. The number of hydrogen-bond acceptors (Lipinski definition) is 3. The summed E-state index contributed by atoms with van der Waals surface area (Å²) in [6.45, 7) is 0.243. The van der Waals surface area contributed by atoms with E-state index < -0.39 is 0 Å². The van der Waals surface area contributed by atoms with Crippen molar-refractivity contribution < 1.29 is 9.84 Å². The van der Waals surface area contributed by atoms with E-state index in [0.717, 1.165) is 22.6 Å². The molecular formula is C13H14O2S. The third-order valence-electron chi connectivity index (χ3n) is 2.49. The third kappa shape index (κ3) is 2.96. The molecule has 1 saturated heterocycles. The molecule has 2 atom stereocenters. The predicted molar refractivity (Wildman–Crippen MR) is 66.3 cm³/mol. The van der Waals surface area contributed by atoms with Gasteiger partial charge < -0.3 is 9.84 Å². The van der Waals surface area contributed by atoms with E-state index in [1.165, 1.54) is 0 Å². The van der Waals surface area contributed by atoms with Crippen molar-refractivity contribution >= 4 is 17.4 Å². The highest BCUT2D eigenvalue weighted by Crippen LogP contribution is 2.28. The zero-order valence-corrected chi connectivity index (χ0v) is 9.74. The van der Waals surface area contributed by atoms with Gasteiger partial charge in [-0.15, -0.1) is 17.8 Å². The number of terminal acetylenes is 1. The molecule has 0 spiro atoms. The van der Waals surface area contributed by atoms with Crippen LogP contribution in [0.1, 0.15) is 22.6 Å². The van der Waals surface area contributed by atoms with Gasteiger partial charge in [-0.05, 0) is 31.1 Å². The highest BCUT2D eigenvalue weighted by molar-refractivity contribution is 7.13. The standard InChI is InChI=1S/C13H14O2S/c1-2-10-5-6-11(16-10)7-8-13-12(15-13)4-3-9-14/h1,5-8,12-14H,3-4,9H2/t12-,13-/m1/s1. The number of epoxide rings is 1. The first-order valence-corrected chi connectivity index (χ1v) is 6.16. The minimum absolute atomic E-state index is 0.225. The lowest BCUT2D eigenvalue weighted by molar-refractivity contribution is 0.273. The van der Waals surface area contributed by atoms with Crippen molar-refractivity contribution in [1.82, 2.24) is 0 Å². The molecule has 1 aliphatic rings. The molecule has 1 fully saturated rings. The van der Waals surface area contributed by atoms with E-state index in [2.05, 4.69) is 18.1 Å². The van der Waals surface area contributed by atoms with Crippen molar-refractivity contribution in [2.24, 2.45) is 0 Å². The Kier molecular flexibility index (Phi) is 3.79. The van der Waals surface area contributed by atoms with Crippen molar-refractivity contribution in [1.29, 1.82) is 0 Å². The van der Waals surface area contributed by atoms with E-state index in [1.54, 1.807) is 11.3 Å². The molecule has 0 unspecified atom stereocenters. The Bertz CT molecular complexity index is 414. The van der Waals surface area contributed by atoms with Crippen LogP contribution in [0.15, 0.2) is 18.2 Å². The van der Waals surface area contributed by atoms with Gasteiger partial charge in [0.1, 0.15) is 6.10 Å². The van der Waals surface area contributed by atoms with Gasteiger partial charge in [-0.1, -0.05) is 12.0 Å². The second-order valence-corrected chi connectivity index (χ2v) is 4.83. The maximum atomic E-state index is 8.68. The van der Waals surface area contributed by atoms with E-state index in [4.69, 9.17) is 16.3 Å². The lowest BCUT2D eigenvalue weighted by atomic mass is 10.2. The average molecular weight is 234 g/mol. The summed E-state index contributed by atoms with van der Waals surface area (Å²) in [7, 11) is 0. The van der Waals surface area contributed by atoms with Crippen LogP contribution < -0.4 is 0 Å². The van der Waals surface area contributed by atoms with Crippen molar-refractivity contribution in [3.63, 3.8) is 0 Å². The summed E-state index contributed by atoms with van der Waals surface area (Å²) < 4.78 is 5.44. The van der Waals surface area contributed by atoms with Gasteiger partial charge in [0.2, 0.25) is 0 Å². The molecule has 0 radical (unpaired) electrons. The summed E-state index contributed by atoms with van der Waals surface area (Å²) >= 11 is 1.60. The van der Waals surface area contributed by atoms with Crippen LogP contribution in [0.5, 0.6) is 0 Å². The molecule has 0 aromatic carbocycles. The molecule has 1 aliphatic heterocycles. The second-order valence-electron chi connectivity index (χ2n) is 3.71. The quantitative estimate of drug-likeness (QED) is 0.626. The fourth-order valence-corrected chi connectivity index (χ4v) is 2.29. The number of aliphatic hydroxyl groups is 1. The topological polar surface area (TPSA) is 32.8 Å². The Hall–Kier alpha value is -1.08. The second kappa shape index (κ2) is 5.31. The Morgan fingerprint density at radius 3 is 3.12 bits per heavy atom. The van der Waals surface area contributed by atoms with Gasteiger partial charge in [-0.2, -0.15) is 0 Å². The molecule has 1 aromatic heterocycles. The Labute approximate surface area is 99.6 Å². The number of thiophene rings is 1. The number of aliphatic hydroxyl groups excluding tert-OH is 1. The van der Waals surface area contributed by atoms with Crippen molar-refractivity contribution in [3.8, 4) is 12.3 Å². The van der Waals surface area contributed by atoms with E-state index in [0.29, 0.717) is 6.10 Å². The molecule has 2 nitrogen and oxygen atoms in total. The highest BCUT2D eigenvalue weighted by Gasteiger charge is 2.35. The molecule has 84 valence electrons. The maximum absolute atomic E-state index is 8.68. The predicted octanol–water partition coefficient (Wildman–Crippen LogP) is 2.28. The van der Waals surface area contributed by atoms with Crippen LogP contribution >= 0.6 is 11.3 Å². The zero-order chi connectivity index (χ0) is 11.4. The molecule has 3 heteroatoms. The minimum atomic E-state index is 0.225. The van der Waals surface area contributed by atoms with Crippen molar-refractivity contribution in [2.45, 2.75) is 25.0 Å². The van der Waals surface area contributed by atoms with Crippen LogP contribution in [-0.4, -0.2) is 23.9 Å². The molecule has 1 N–H and O–H groups in total. The molecule has 1 aromatic rings. The monoisotopic (exact) mass is 234 g/mol. The Morgan fingerprint density at radius 1 is 1.56 bits per heavy atom. The van der Waals surface area contributed by atoms with Gasteiger partial charge in [0, 0.05) is 11.5 Å². The van der Waals surface area contributed by atoms with E-state index >= 15 is 0 Å². The summed E-state index contributed by atoms with van der Waals surface area (Å²) in [4.78, 5) is 2.11. The zero-order valence-electron chi connectivity index (χ0n) is 8.93. The van der Waals surface area contributed by atoms with E-state index in [-0.39, 0.29) is 12.7 Å². The molecule has 2 rings (SSSR count). The summed E-state index contributed by atoms with van der Waals surface area (Å²) in [5, 5.41) is 8.68. The first-order valence-electron chi connectivity index (χ1n) is 5.34. The van der Waals surface area contributed by atoms with E-state index in [1.807, 2.05) is 12.1 Å². The summed E-state index contributed by atoms with van der Waals surface area (Å²) in [5.41, 5.74) is 0. The lowest BCUT2D eigenvalue weighted by Gasteiger charge is -1.88. The van der Waals surface area contributed by atoms with E-state index in [9.17, 15) is 0 Å². The molecule has 0 saturated carbocycles. The molecule has 0 aliphatic carbocycles. The van der Waals surface area contributed by atoms with Crippen LogP contribution in [-0.2, 0) is 4.74 Å².